The predicted octanol–water partition coefficient (Wildman–Crippen LogP) is 2.07. The third-order valence-corrected chi connectivity index (χ3v) is 8.28. The van der Waals surface area contributed by atoms with Crippen LogP contribution in [0.2, 0.25) is 0 Å². The van der Waals surface area contributed by atoms with Crippen molar-refractivity contribution in [3.05, 3.63) is 12.2 Å². The maximum Gasteiger partial charge on any atom is 0.0756 e. The van der Waals surface area contributed by atoms with Crippen LogP contribution in [0.4, 0.5) is 0 Å². The lowest BCUT2D eigenvalue weighted by Gasteiger charge is -2.56. The van der Waals surface area contributed by atoms with Crippen molar-refractivity contribution in [3.8, 4) is 0 Å². The average molecular weight is 338 g/mol. The summed E-state index contributed by atoms with van der Waals surface area (Å²) in [6.45, 7) is 9.51. The summed E-state index contributed by atoms with van der Waals surface area (Å²) in [4.78, 5) is 0. The van der Waals surface area contributed by atoms with E-state index in [0.717, 1.165) is 37.7 Å². The lowest BCUT2D eigenvalue weighted by molar-refractivity contribution is -0.0920. The Bertz CT molecular complexity index is 495. The molecular formula is C20H35NO3. The van der Waals surface area contributed by atoms with Gasteiger partial charge in [0.2, 0.25) is 0 Å². The fourth-order valence-corrected chi connectivity index (χ4v) is 6.52. The Morgan fingerprint density at radius 2 is 1.83 bits per heavy atom. The van der Waals surface area contributed by atoms with Gasteiger partial charge in [-0.25, -0.2) is 0 Å². The number of nitrogens with two attached hydrogens (primary N) is 1. The minimum atomic E-state index is -0.401. The van der Waals surface area contributed by atoms with Crippen molar-refractivity contribution < 1.29 is 15.3 Å². The van der Waals surface area contributed by atoms with E-state index in [1.165, 1.54) is 0 Å². The molecule has 0 saturated heterocycles. The van der Waals surface area contributed by atoms with Crippen LogP contribution in [0.1, 0.15) is 52.4 Å². The van der Waals surface area contributed by atoms with Crippen LogP contribution in [0, 0.1) is 34.5 Å². The molecule has 3 aliphatic carbocycles. The number of hydrogen-bond acceptors (Lipinski definition) is 4. The molecule has 3 rings (SSSR count). The first kappa shape index (κ1) is 18.4. The summed E-state index contributed by atoms with van der Waals surface area (Å²) in [6, 6.07) is 0. The van der Waals surface area contributed by atoms with Gasteiger partial charge in [-0.15, -0.1) is 0 Å². The van der Waals surface area contributed by atoms with Crippen LogP contribution in [0.5, 0.6) is 0 Å². The van der Waals surface area contributed by atoms with E-state index in [-0.39, 0.29) is 29.5 Å². The molecule has 4 heteroatoms. The Balaban J connectivity index is 1.90. The molecular weight excluding hydrogens is 302 g/mol. The lowest BCUT2D eigenvalue weighted by Crippen LogP contribution is -2.52. The molecule has 0 bridgehead atoms. The van der Waals surface area contributed by atoms with Gasteiger partial charge in [0.25, 0.3) is 0 Å². The Hall–Kier alpha value is -0.420. The first-order valence-corrected chi connectivity index (χ1v) is 9.64. The zero-order chi connectivity index (χ0) is 17.7. The smallest absolute Gasteiger partial charge is 0.0756 e. The van der Waals surface area contributed by atoms with Crippen LogP contribution in [0.3, 0.4) is 0 Å². The van der Waals surface area contributed by atoms with Crippen LogP contribution >= 0.6 is 0 Å². The lowest BCUT2D eigenvalue weighted by atomic mass is 9.49. The summed E-state index contributed by atoms with van der Waals surface area (Å²) < 4.78 is 0. The highest BCUT2D eigenvalue weighted by atomic mass is 16.3. The molecule has 3 fully saturated rings. The SMILES string of the molecule is C=C1[C@@H](O)C[C@H]2[C@H](CN)[C@@H]([C@]3(C)CC[C@H](O)C[C@@H]3CO)CC[C@]12C. The maximum atomic E-state index is 10.4. The molecule has 24 heavy (non-hydrogen) atoms. The molecule has 0 aromatic rings. The maximum absolute atomic E-state index is 10.4. The molecule has 3 aliphatic rings. The number of fused-ring (bicyclic) bond motifs is 1. The molecule has 0 heterocycles. The van der Waals surface area contributed by atoms with Gasteiger partial charge < -0.3 is 21.1 Å². The van der Waals surface area contributed by atoms with Crippen molar-refractivity contribution in [1.29, 1.82) is 0 Å². The molecule has 0 aromatic heterocycles. The highest BCUT2D eigenvalue weighted by Gasteiger charge is 2.58. The van der Waals surface area contributed by atoms with Gasteiger partial charge in [-0.1, -0.05) is 20.4 Å². The Labute approximate surface area is 146 Å². The summed E-state index contributed by atoms with van der Waals surface area (Å²) in [5.74, 6) is 1.32. The molecule has 0 unspecified atom stereocenters. The Morgan fingerprint density at radius 3 is 2.46 bits per heavy atom. The second-order valence-corrected chi connectivity index (χ2v) is 9.16. The highest BCUT2D eigenvalue weighted by Crippen LogP contribution is 2.63. The third kappa shape index (κ3) is 2.57. The zero-order valence-electron chi connectivity index (χ0n) is 15.2. The third-order valence-electron chi connectivity index (χ3n) is 8.28. The quantitative estimate of drug-likeness (QED) is 0.594. The van der Waals surface area contributed by atoms with Crippen LogP contribution < -0.4 is 5.73 Å². The van der Waals surface area contributed by atoms with Crippen molar-refractivity contribution in [2.24, 2.45) is 40.2 Å². The first-order valence-electron chi connectivity index (χ1n) is 9.64. The highest BCUT2D eigenvalue weighted by molar-refractivity contribution is 5.25. The van der Waals surface area contributed by atoms with Gasteiger partial charge in [0.1, 0.15) is 0 Å². The standard InChI is InChI=1S/C20H35NO3/c1-12-18(24)9-17-15(10-21)16(5-7-19(12,17)2)20(3)6-4-14(23)8-13(20)11-22/h13-18,22-24H,1,4-11,21H2,2-3H3/t13-,14+,15-,16+,17+,18+,19-,20-/m1/s1. The van der Waals surface area contributed by atoms with Gasteiger partial charge in [-0.2, -0.15) is 0 Å². The summed E-state index contributed by atoms with van der Waals surface area (Å²) in [5.41, 5.74) is 7.27. The molecule has 138 valence electrons. The van der Waals surface area contributed by atoms with E-state index in [0.29, 0.717) is 30.7 Å². The summed E-state index contributed by atoms with van der Waals surface area (Å²) in [5, 5.41) is 30.4. The second-order valence-electron chi connectivity index (χ2n) is 9.16. The molecule has 3 saturated carbocycles. The van der Waals surface area contributed by atoms with E-state index in [1.54, 1.807) is 0 Å². The van der Waals surface area contributed by atoms with Crippen molar-refractivity contribution in [2.75, 3.05) is 13.2 Å². The number of rotatable bonds is 3. The molecule has 0 aromatic carbocycles. The van der Waals surface area contributed by atoms with E-state index in [2.05, 4.69) is 20.4 Å². The van der Waals surface area contributed by atoms with Crippen LogP contribution in [0.15, 0.2) is 12.2 Å². The molecule has 0 amide bonds. The largest absolute Gasteiger partial charge is 0.396 e. The van der Waals surface area contributed by atoms with Gasteiger partial charge in [-0.05, 0) is 85.1 Å². The summed E-state index contributed by atoms with van der Waals surface area (Å²) in [7, 11) is 0. The van der Waals surface area contributed by atoms with E-state index in [9.17, 15) is 15.3 Å². The minimum absolute atomic E-state index is 0.000788. The van der Waals surface area contributed by atoms with E-state index >= 15 is 0 Å². The predicted molar refractivity (Wildman–Crippen MR) is 95.2 cm³/mol. The van der Waals surface area contributed by atoms with E-state index in [1.807, 2.05) is 0 Å². The zero-order valence-corrected chi connectivity index (χ0v) is 15.2. The van der Waals surface area contributed by atoms with Gasteiger partial charge in [0.15, 0.2) is 0 Å². The second kappa shape index (κ2) is 6.39. The fraction of sp³-hybridized carbons (Fsp3) is 0.900. The Morgan fingerprint density at radius 1 is 1.12 bits per heavy atom. The van der Waals surface area contributed by atoms with Gasteiger partial charge >= 0.3 is 0 Å². The Kier molecular flexibility index (Phi) is 4.89. The summed E-state index contributed by atoms with van der Waals surface area (Å²) >= 11 is 0. The normalized spacial score (nSPS) is 52.3. The van der Waals surface area contributed by atoms with Gasteiger partial charge in [0.05, 0.1) is 12.2 Å². The van der Waals surface area contributed by atoms with Crippen molar-refractivity contribution in [3.63, 3.8) is 0 Å². The number of aliphatic hydroxyl groups is 3. The number of aliphatic hydroxyl groups excluding tert-OH is 3. The van der Waals surface area contributed by atoms with Crippen LogP contribution in [0.25, 0.3) is 0 Å². The molecule has 5 N–H and O–H groups in total. The monoisotopic (exact) mass is 337 g/mol. The van der Waals surface area contributed by atoms with Crippen LogP contribution in [-0.2, 0) is 0 Å². The van der Waals surface area contributed by atoms with Crippen molar-refractivity contribution >= 4 is 0 Å². The molecule has 4 nitrogen and oxygen atoms in total. The molecule has 0 aliphatic heterocycles. The van der Waals surface area contributed by atoms with Crippen LogP contribution in [-0.4, -0.2) is 40.7 Å². The fourth-order valence-electron chi connectivity index (χ4n) is 6.52. The van der Waals surface area contributed by atoms with Crippen molar-refractivity contribution in [1.82, 2.24) is 0 Å². The summed E-state index contributed by atoms with van der Waals surface area (Å²) in [6.07, 6.45) is 4.67. The van der Waals surface area contributed by atoms with E-state index < -0.39 is 6.10 Å². The first-order chi connectivity index (χ1) is 11.3. The topological polar surface area (TPSA) is 86.7 Å². The van der Waals surface area contributed by atoms with E-state index in [4.69, 9.17) is 5.73 Å². The molecule has 0 spiro atoms. The number of hydrogen-bond donors (Lipinski definition) is 4. The molecule has 0 radical (unpaired) electrons. The van der Waals surface area contributed by atoms with Gasteiger partial charge in [0, 0.05) is 6.61 Å². The average Bonchev–Trinajstić information content (AvgIpc) is 2.79. The van der Waals surface area contributed by atoms with Crippen molar-refractivity contribution in [2.45, 2.75) is 64.6 Å². The minimum Gasteiger partial charge on any atom is -0.396 e. The van der Waals surface area contributed by atoms with Gasteiger partial charge in [-0.3, -0.25) is 0 Å². The molecule has 8 atom stereocenters.